The maximum absolute atomic E-state index is 12.5. The van der Waals surface area contributed by atoms with Crippen LogP contribution in [0, 0.1) is 30.9 Å². The summed E-state index contributed by atoms with van der Waals surface area (Å²) in [5, 5.41) is 13.8. The first-order valence-electron chi connectivity index (χ1n) is 8.10. The fourth-order valence-corrected chi connectivity index (χ4v) is 3.57. The molecule has 0 aliphatic rings. The number of nitrogens with one attached hydrogen (secondary N) is 1. The van der Waals surface area contributed by atoms with Crippen LogP contribution in [-0.4, -0.2) is 32.0 Å². The molecule has 0 unspecified atom stereocenters. The Bertz CT molecular complexity index is 1000. The molecular formula is C18H21N3O5S. The number of sulfonamides is 1. The molecule has 144 valence electrons. The van der Waals surface area contributed by atoms with Gasteiger partial charge in [-0.15, -0.1) is 0 Å². The van der Waals surface area contributed by atoms with E-state index < -0.39 is 27.4 Å². The molecular weight excluding hydrogens is 370 g/mol. The van der Waals surface area contributed by atoms with Gasteiger partial charge in [-0.1, -0.05) is 18.2 Å². The van der Waals surface area contributed by atoms with E-state index >= 15 is 0 Å². The lowest BCUT2D eigenvalue weighted by molar-refractivity contribution is -0.385. The third kappa shape index (κ3) is 4.62. The van der Waals surface area contributed by atoms with Gasteiger partial charge in [-0.2, -0.15) is 0 Å². The van der Waals surface area contributed by atoms with Crippen molar-refractivity contribution >= 4 is 33.0 Å². The van der Waals surface area contributed by atoms with E-state index in [1.807, 2.05) is 19.9 Å². The second-order valence-corrected chi connectivity index (χ2v) is 8.15. The van der Waals surface area contributed by atoms with Gasteiger partial charge in [-0.05, 0) is 44.0 Å². The third-order valence-electron chi connectivity index (χ3n) is 4.31. The minimum Gasteiger partial charge on any atom is -0.324 e. The molecule has 1 amide bonds. The Morgan fingerprint density at radius 3 is 2.33 bits per heavy atom. The first-order valence-corrected chi connectivity index (χ1v) is 9.95. The molecule has 2 aromatic rings. The van der Waals surface area contributed by atoms with Crippen LogP contribution in [0.3, 0.4) is 0 Å². The molecule has 2 aromatic carbocycles. The number of hydrogen-bond donors (Lipinski definition) is 1. The van der Waals surface area contributed by atoms with Crippen molar-refractivity contribution in [3.8, 4) is 0 Å². The number of rotatable bonds is 6. The quantitative estimate of drug-likeness (QED) is 0.601. The molecule has 0 bridgehead atoms. The molecule has 0 fully saturated rings. The number of amides is 1. The summed E-state index contributed by atoms with van der Waals surface area (Å²) in [5.41, 5.74) is 2.51. The monoisotopic (exact) mass is 391 g/mol. The van der Waals surface area contributed by atoms with E-state index in [1.54, 1.807) is 12.1 Å². The number of aryl methyl sites for hydroxylation is 1. The van der Waals surface area contributed by atoms with Crippen molar-refractivity contribution in [1.29, 1.82) is 0 Å². The number of nitro groups is 1. The van der Waals surface area contributed by atoms with Crippen LogP contribution in [0.5, 0.6) is 0 Å². The zero-order valence-electron chi connectivity index (χ0n) is 15.5. The summed E-state index contributed by atoms with van der Waals surface area (Å²) in [6.07, 6.45) is 0.955. The maximum atomic E-state index is 12.5. The summed E-state index contributed by atoms with van der Waals surface area (Å²) in [6, 6.07) is 9.53. The Labute approximate surface area is 158 Å². The van der Waals surface area contributed by atoms with Crippen LogP contribution in [0.2, 0.25) is 0 Å². The van der Waals surface area contributed by atoms with Gasteiger partial charge in [-0.25, -0.2) is 8.42 Å². The molecule has 0 saturated heterocycles. The lowest BCUT2D eigenvalue weighted by Gasteiger charge is -2.23. The highest BCUT2D eigenvalue weighted by atomic mass is 32.2. The summed E-state index contributed by atoms with van der Waals surface area (Å²) in [5.74, 6) is -0.542. The van der Waals surface area contributed by atoms with Crippen LogP contribution < -0.4 is 9.62 Å². The predicted molar refractivity (Wildman–Crippen MR) is 105 cm³/mol. The molecule has 1 N–H and O–H groups in total. The molecule has 0 heterocycles. The number of anilines is 2. The Kier molecular flexibility index (Phi) is 5.85. The zero-order chi connectivity index (χ0) is 20.4. The van der Waals surface area contributed by atoms with E-state index in [4.69, 9.17) is 0 Å². The molecule has 0 atom stereocenters. The van der Waals surface area contributed by atoms with Crippen LogP contribution in [0.25, 0.3) is 0 Å². The topological polar surface area (TPSA) is 110 Å². The molecule has 2 rings (SSSR count). The highest BCUT2D eigenvalue weighted by molar-refractivity contribution is 7.92. The standard InChI is InChI=1S/C18H21N3O5S/c1-12-7-5-8-15(13(12)2)19-18(22)11-20(27(4,25)26)16-9-6-10-17(14(16)3)21(23)24/h5-10H,11H2,1-4H3,(H,19,22). The highest BCUT2D eigenvalue weighted by Crippen LogP contribution is 2.29. The van der Waals surface area contributed by atoms with Crippen molar-refractivity contribution in [2.75, 3.05) is 22.4 Å². The highest BCUT2D eigenvalue weighted by Gasteiger charge is 2.26. The Balaban J connectivity index is 2.37. The van der Waals surface area contributed by atoms with Crippen molar-refractivity contribution in [3.63, 3.8) is 0 Å². The van der Waals surface area contributed by atoms with E-state index in [0.717, 1.165) is 21.7 Å². The Morgan fingerprint density at radius 2 is 1.74 bits per heavy atom. The maximum Gasteiger partial charge on any atom is 0.274 e. The first kappa shape index (κ1) is 20.4. The van der Waals surface area contributed by atoms with Gasteiger partial charge in [0.05, 0.1) is 22.4 Å². The van der Waals surface area contributed by atoms with Crippen molar-refractivity contribution in [2.24, 2.45) is 0 Å². The molecule has 9 heteroatoms. The lowest BCUT2D eigenvalue weighted by atomic mass is 10.1. The van der Waals surface area contributed by atoms with Gasteiger partial charge in [-0.3, -0.25) is 19.2 Å². The van der Waals surface area contributed by atoms with Gasteiger partial charge in [0.25, 0.3) is 5.69 Å². The molecule has 8 nitrogen and oxygen atoms in total. The minimum absolute atomic E-state index is 0.0998. The number of benzene rings is 2. The summed E-state index contributed by atoms with van der Waals surface area (Å²) in [7, 11) is -3.84. The summed E-state index contributed by atoms with van der Waals surface area (Å²) in [4.78, 5) is 23.0. The Morgan fingerprint density at radius 1 is 1.11 bits per heavy atom. The lowest BCUT2D eigenvalue weighted by Crippen LogP contribution is -2.38. The van der Waals surface area contributed by atoms with Crippen molar-refractivity contribution in [3.05, 3.63) is 63.2 Å². The minimum atomic E-state index is -3.84. The molecule has 27 heavy (non-hydrogen) atoms. The summed E-state index contributed by atoms with van der Waals surface area (Å²) in [6.45, 7) is 4.71. The average molecular weight is 391 g/mol. The normalized spacial score (nSPS) is 11.1. The van der Waals surface area contributed by atoms with Crippen molar-refractivity contribution in [2.45, 2.75) is 20.8 Å². The van der Waals surface area contributed by atoms with Crippen LogP contribution >= 0.6 is 0 Å². The number of nitro benzene ring substituents is 1. The van der Waals surface area contributed by atoms with E-state index in [9.17, 15) is 23.3 Å². The van der Waals surface area contributed by atoms with E-state index in [0.29, 0.717) is 5.69 Å². The first-order chi connectivity index (χ1) is 12.5. The van der Waals surface area contributed by atoms with Crippen molar-refractivity contribution < 1.29 is 18.1 Å². The number of carbonyl (C=O) groups is 1. The van der Waals surface area contributed by atoms with Gasteiger partial charge in [0.1, 0.15) is 6.54 Å². The molecule has 0 aromatic heterocycles. The number of nitrogens with zero attached hydrogens (tertiary/aromatic N) is 2. The van der Waals surface area contributed by atoms with Gasteiger partial charge < -0.3 is 5.32 Å². The van der Waals surface area contributed by atoms with Crippen molar-refractivity contribution in [1.82, 2.24) is 0 Å². The molecule has 0 aliphatic carbocycles. The second kappa shape index (κ2) is 7.75. The second-order valence-electron chi connectivity index (χ2n) is 6.24. The molecule has 0 aliphatic heterocycles. The molecule has 0 spiro atoms. The third-order valence-corrected chi connectivity index (χ3v) is 5.43. The number of hydrogen-bond acceptors (Lipinski definition) is 5. The number of carbonyl (C=O) groups excluding carboxylic acids is 1. The predicted octanol–water partition coefficient (Wildman–Crippen LogP) is 2.92. The van der Waals surface area contributed by atoms with Gasteiger partial charge in [0, 0.05) is 11.8 Å². The van der Waals surface area contributed by atoms with Crippen LogP contribution in [0.15, 0.2) is 36.4 Å². The largest absolute Gasteiger partial charge is 0.324 e. The zero-order valence-corrected chi connectivity index (χ0v) is 16.3. The van der Waals surface area contributed by atoms with E-state index in [1.165, 1.54) is 25.1 Å². The van der Waals surface area contributed by atoms with Gasteiger partial charge in [0.2, 0.25) is 15.9 Å². The van der Waals surface area contributed by atoms with Crippen LogP contribution in [0.1, 0.15) is 16.7 Å². The summed E-state index contributed by atoms with van der Waals surface area (Å²) >= 11 is 0. The van der Waals surface area contributed by atoms with Crippen LogP contribution in [-0.2, 0) is 14.8 Å². The SMILES string of the molecule is Cc1cccc(NC(=O)CN(c2cccc([N+](=O)[O-])c2C)S(C)(=O)=O)c1C. The van der Waals surface area contributed by atoms with Gasteiger partial charge in [0.15, 0.2) is 0 Å². The fraction of sp³-hybridized carbons (Fsp3) is 0.278. The fourth-order valence-electron chi connectivity index (χ4n) is 2.67. The molecule has 0 saturated carbocycles. The van der Waals surface area contributed by atoms with Crippen LogP contribution in [0.4, 0.5) is 17.1 Å². The molecule has 0 radical (unpaired) electrons. The Hall–Kier alpha value is -2.94. The summed E-state index contributed by atoms with van der Waals surface area (Å²) < 4.78 is 25.4. The smallest absolute Gasteiger partial charge is 0.274 e. The average Bonchev–Trinajstić information content (AvgIpc) is 2.56. The van der Waals surface area contributed by atoms with E-state index in [2.05, 4.69) is 5.32 Å². The van der Waals surface area contributed by atoms with Gasteiger partial charge >= 0.3 is 0 Å². The van der Waals surface area contributed by atoms with E-state index in [-0.39, 0.29) is 16.9 Å².